The lowest BCUT2D eigenvalue weighted by atomic mass is 10.1. The van der Waals surface area contributed by atoms with Crippen molar-refractivity contribution in [2.24, 2.45) is 4.99 Å². The van der Waals surface area contributed by atoms with E-state index in [-0.39, 0.29) is 5.54 Å². The monoisotopic (exact) mass is 195 g/mol. The van der Waals surface area contributed by atoms with E-state index in [1.165, 1.54) is 18.3 Å². The molecule has 0 aromatic carbocycles. The lowest BCUT2D eigenvalue weighted by Gasteiger charge is -2.10. The van der Waals surface area contributed by atoms with E-state index in [1.807, 2.05) is 20.8 Å². The first-order valence-electron chi connectivity index (χ1n) is 4.27. The average molecular weight is 195 g/mol. The lowest BCUT2D eigenvalue weighted by molar-refractivity contribution is 0.309. The summed E-state index contributed by atoms with van der Waals surface area (Å²) in [5, 5.41) is 9.23. The third-order valence-electron chi connectivity index (χ3n) is 1.43. The summed E-state index contributed by atoms with van der Waals surface area (Å²) in [5.74, 6) is -0.398. The number of hydrogen-bond donors (Lipinski definition) is 1. The fraction of sp³-hybridized carbons (Fsp3) is 0.400. The molecule has 0 fully saturated rings. The molecule has 76 valence electrons. The second-order valence-electron chi connectivity index (χ2n) is 3.94. The highest BCUT2D eigenvalue weighted by molar-refractivity contribution is 5.82. The van der Waals surface area contributed by atoms with Crippen LogP contribution in [0, 0.1) is 0 Å². The maximum absolute atomic E-state index is 10.7. The quantitative estimate of drug-likeness (QED) is 0.692. The van der Waals surface area contributed by atoms with Gasteiger partial charge in [-0.2, -0.15) is 0 Å². The molecule has 4 heteroatoms. The molecule has 4 nitrogen and oxygen atoms in total. The molecule has 0 radical (unpaired) electrons. The molecular formula is C10H13NO3. The third-order valence-corrected chi connectivity index (χ3v) is 1.43. The summed E-state index contributed by atoms with van der Waals surface area (Å²) in [7, 11) is 0. The Labute approximate surface area is 81.9 Å². The van der Waals surface area contributed by atoms with E-state index in [9.17, 15) is 9.90 Å². The Morgan fingerprint density at radius 1 is 1.43 bits per heavy atom. The first kappa shape index (κ1) is 10.5. The molecule has 0 saturated carbocycles. The first-order chi connectivity index (χ1) is 6.38. The van der Waals surface area contributed by atoms with E-state index in [2.05, 4.69) is 9.41 Å². The maximum atomic E-state index is 10.7. The molecule has 0 spiro atoms. The van der Waals surface area contributed by atoms with E-state index in [0.717, 1.165) is 0 Å². The van der Waals surface area contributed by atoms with E-state index >= 15 is 0 Å². The third kappa shape index (κ3) is 3.05. The number of aromatic hydroxyl groups is 1. The minimum absolute atomic E-state index is 0.220. The Kier molecular flexibility index (Phi) is 2.74. The minimum Gasteiger partial charge on any atom is -0.480 e. The fourth-order valence-electron chi connectivity index (χ4n) is 0.779. The van der Waals surface area contributed by atoms with Crippen molar-refractivity contribution in [3.05, 3.63) is 28.1 Å². The molecule has 0 bridgehead atoms. The van der Waals surface area contributed by atoms with E-state index in [4.69, 9.17) is 0 Å². The Morgan fingerprint density at radius 2 is 2.07 bits per heavy atom. The molecule has 0 aliphatic carbocycles. The smallest absolute Gasteiger partial charge is 0.338 e. The van der Waals surface area contributed by atoms with Crippen LogP contribution in [0.25, 0.3) is 0 Å². The Bertz CT molecular complexity index is 399. The topological polar surface area (TPSA) is 62.8 Å². The van der Waals surface area contributed by atoms with Crippen LogP contribution < -0.4 is 5.63 Å². The van der Waals surface area contributed by atoms with Crippen LogP contribution in [0.2, 0.25) is 0 Å². The molecule has 0 aliphatic heterocycles. The zero-order valence-corrected chi connectivity index (χ0v) is 8.44. The van der Waals surface area contributed by atoms with Gasteiger partial charge in [-0.1, -0.05) is 0 Å². The summed E-state index contributed by atoms with van der Waals surface area (Å²) in [6.07, 6.45) is 1.48. The van der Waals surface area contributed by atoms with Crippen molar-refractivity contribution in [3.63, 3.8) is 0 Å². The Hall–Kier alpha value is -1.58. The van der Waals surface area contributed by atoms with Crippen molar-refractivity contribution in [3.8, 4) is 5.95 Å². The second kappa shape index (κ2) is 3.65. The van der Waals surface area contributed by atoms with Crippen molar-refractivity contribution < 1.29 is 9.52 Å². The van der Waals surface area contributed by atoms with Gasteiger partial charge in [0.1, 0.15) is 0 Å². The van der Waals surface area contributed by atoms with E-state index in [0.29, 0.717) is 5.56 Å². The Balaban J connectivity index is 2.99. The summed E-state index contributed by atoms with van der Waals surface area (Å²) in [4.78, 5) is 14.8. The molecule has 1 rings (SSSR count). The fourth-order valence-corrected chi connectivity index (χ4v) is 0.779. The molecule has 0 aliphatic rings. The zero-order valence-electron chi connectivity index (χ0n) is 8.44. The van der Waals surface area contributed by atoms with Crippen LogP contribution in [0.1, 0.15) is 26.3 Å². The summed E-state index contributed by atoms with van der Waals surface area (Å²) in [6.45, 7) is 5.79. The van der Waals surface area contributed by atoms with Gasteiger partial charge >= 0.3 is 5.63 Å². The highest BCUT2D eigenvalue weighted by Gasteiger charge is 2.07. The highest BCUT2D eigenvalue weighted by Crippen LogP contribution is 2.12. The molecule has 1 aromatic heterocycles. The maximum Gasteiger partial charge on any atom is 0.338 e. The van der Waals surface area contributed by atoms with Crippen LogP contribution in [-0.2, 0) is 0 Å². The highest BCUT2D eigenvalue weighted by atomic mass is 16.5. The molecular weight excluding hydrogens is 182 g/mol. The Morgan fingerprint density at radius 3 is 2.57 bits per heavy atom. The van der Waals surface area contributed by atoms with Crippen molar-refractivity contribution in [2.75, 3.05) is 0 Å². The number of nitrogens with zero attached hydrogens (tertiary/aromatic N) is 1. The van der Waals surface area contributed by atoms with Gasteiger partial charge in [0, 0.05) is 12.3 Å². The minimum atomic E-state index is -0.574. The van der Waals surface area contributed by atoms with Gasteiger partial charge in [-0.3, -0.25) is 4.99 Å². The standard InChI is InChI=1S/C10H13NO3/c1-10(2,3)11-6-7-4-5-8(12)14-9(7)13/h4-6,13H,1-3H3. The van der Waals surface area contributed by atoms with Crippen LogP contribution in [0.15, 0.2) is 26.3 Å². The van der Waals surface area contributed by atoms with Crippen LogP contribution in [0.5, 0.6) is 5.95 Å². The van der Waals surface area contributed by atoms with Crippen LogP contribution in [0.4, 0.5) is 0 Å². The van der Waals surface area contributed by atoms with Crippen molar-refractivity contribution >= 4 is 6.21 Å². The van der Waals surface area contributed by atoms with Gasteiger partial charge in [0.05, 0.1) is 11.1 Å². The van der Waals surface area contributed by atoms with E-state index < -0.39 is 11.6 Å². The summed E-state index contributed by atoms with van der Waals surface area (Å²) in [5.41, 5.74) is -0.391. The van der Waals surface area contributed by atoms with Gasteiger partial charge in [-0.05, 0) is 26.8 Å². The molecule has 0 unspecified atom stereocenters. The molecule has 14 heavy (non-hydrogen) atoms. The number of rotatable bonds is 1. The first-order valence-corrected chi connectivity index (χ1v) is 4.27. The predicted molar refractivity (Wildman–Crippen MR) is 54.0 cm³/mol. The predicted octanol–water partition coefficient (Wildman–Crippen LogP) is 1.56. The van der Waals surface area contributed by atoms with Crippen LogP contribution >= 0.6 is 0 Å². The summed E-state index contributed by atoms with van der Waals surface area (Å²) >= 11 is 0. The molecule has 1 heterocycles. The van der Waals surface area contributed by atoms with Crippen LogP contribution in [0.3, 0.4) is 0 Å². The summed E-state index contributed by atoms with van der Waals surface area (Å²) in [6, 6.07) is 2.71. The number of hydrogen-bond acceptors (Lipinski definition) is 4. The average Bonchev–Trinajstić information content (AvgIpc) is 2.00. The second-order valence-corrected chi connectivity index (χ2v) is 3.94. The van der Waals surface area contributed by atoms with E-state index in [1.54, 1.807) is 0 Å². The molecule has 0 atom stereocenters. The van der Waals surface area contributed by atoms with Crippen molar-refractivity contribution in [1.29, 1.82) is 0 Å². The van der Waals surface area contributed by atoms with Gasteiger partial charge in [0.2, 0.25) is 0 Å². The number of aliphatic imine (C=N–C) groups is 1. The normalized spacial score (nSPS) is 12.2. The van der Waals surface area contributed by atoms with Crippen molar-refractivity contribution in [1.82, 2.24) is 0 Å². The van der Waals surface area contributed by atoms with Gasteiger partial charge in [0.15, 0.2) is 0 Å². The SMILES string of the molecule is CC(C)(C)N=Cc1ccc(=O)oc1O. The van der Waals surface area contributed by atoms with Crippen molar-refractivity contribution in [2.45, 2.75) is 26.3 Å². The molecule has 1 aromatic rings. The summed E-state index contributed by atoms with van der Waals surface area (Å²) < 4.78 is 4.48. The van der Waals surface area contributed by atoms with Gasteiger partial charge in [-0.25, -0.2) is 4.79 Å². The van der Waals surface area contributed by atoms with Gasteiger partial charge in [-0.15, -0.1) is 0 Å². The largest absolute Gasteiger partial charge is 0.480 e. The molecule has 0 amide bonds. The van der Waals surface area contributed by atoms with Gasteiger partial charge in [0.25, 0.3) is 5.95 Å². The molecule has 0 saturated heterocycles. The van der Waals surface area contributed by atoms with Gasteiger partial charge < -0.3 is 9.52 Å². The zero-order chi connectivity index (χ0) is 10.8. The molecule has 1 N–H and O–H groups in total. The lowest BCUT2D eigenvalue weighted by Crippen LogP contribution is -2.09. The van der Waals surface area contributed by atoms with Crippen LogP contribution in [-0.4, -0.2) is 16.9 Å².